The molecule has 12 heavy (non-hydrogen) atoms. The highest BCUT2D eigenvalue weighted by atomic mass is 127. The Bertz CT molecular complexity index is 292. The second-order valence-corrected chi connectivity index (χ2v) is 3.95. The first-order valence-electron chi connectivity index (χ1n) is 3.29. The number of rotatable bonds is 2. The molecule has 0 fully saturated rings. The van der Waals surface area contributed by atoms with Gasteiger partial charge in [0.2, 0.25) is 0 Å². The maximum atomic E-state index is 10.4. The second kappa shape index (κ2) is 4.13. The standard InChI is InChI=1S/C8H7IO2S/c9-6-2-1-3-7(12)5(6)4-8(10)11/h1-3,12H,4H2,(H,10,11). The Balaban J connectivity index is 3.04. The van der Waals surface area contributed by atoms with Gasteiger partial charge in [0, 0.05) is 8.47 Å². The van der Waals surface area contributed by atoms with Crippen LogP contribution in [-0.2, 0) is 11.2 Å². The SMILES string of the molecule is O=C(O)Cc1c(S)cccc1I. The number of aliphatic carboxylic acids is 1. The van der Waals surface area contributed by atoms with Crippen LogP contribution >= 0.6 is 35.2 Å². The monoisotopic (exact) mass is 294 g/mol. The molecule has 0 saturated carbocycles. The molecule has 0 aromatic heterocycles. The highest BCUT2D eigenvalue weighted by Crippen LogP contribution is 2.20. The number of carboxylic acid groups (broad SMARTS) is 1. The van der Waals surface area contributed by atoms with Crippen LogP contribution in [0.3, 0.4) is 0 Å². The predicted octanol–water partition coefficient (Wildman–Crippen LogP) is 2.21. The molecule has 0 heterocycles. The van der Waals surface area contributed by atoms with Crippen molar-refractivity contribution >= 4 is 41.2 Å². The quantitative estimate of drug-likeness (QED) is 0.648. The summed E-state index contributed by atoms with van der Waals surface area (Å²) in [6.07, 6.45) is 0.0396. The Morgan fingerprint density at radius 2 is 2.25 bits per heavy atom. The van der Waals surface area contributed by atoms with Gasteiger partial charge >= 0.3 is 5.97 Å². The zero-order valence-electron chi connectivity index (χ0n) is 6.12. The summed E-state index contributed by atoms with van der Waals surface area (Å²) in [5.41, 5.74) is 0.786. The summed E-state index contributed by atoms with van der Waals surface area (Å²) in [7, 11) is 0. The predicted molar refractivity (Wildman–Crippen MR) is 57.8 cm³/mol. The zero-order chi connectivity index (χ0) is 9.14. The van der Waals surface area contributed by atoms with Gasteiger partial charge in [-0.1, -0.05) is 6.07 Å². The highest BCUT2D eigenvalue weighted by Gasteiger charge is 2.07. The molecule has 64 valence electrons. The van der Waals surface area contributed by atoms with Gasteiger partial charge in [0.05, 0.1) is 6.42 Å². The molecule has 0 aliphatic rings. The summed E-state index contributed by atoms with van der Waals surface area (Å²) < 4.78 is 0.947. The number of carboxylic acids is 1. The molecule has 1 aromatic rings. The molecule has 1 N–H and O–H groups in total. The molecule has 0 saturated heterocycles. The molecule has 0 amide bonds. The van der Waals surface area contributed by atoms with Crippen LogP contribution in [0, 0.1) is 3.57 Å². The van der Waals surface area contributed by atoms with Crippen molar-refractivity contribution in [2.75, 3.05) is 0 Å². The Hall–Kier alpha value is -0.230. The molecule has 2 nitrogen and oxygen atoms in total. The maximum Gasteiger partial charge on any atom is 0.307 e. The van der Waals surface area contributed by atoms with E-state index in [0.29, 0.717) is 0 Å². The fourth-order valence-electron chi connectivity index (χ4n) is 0.873. The molecular formula is C8H7IO2S. The molecule has 4 heteroatoms. The van der Waals surface area contributed by atoms with E-state index in [1.165, 1.54) is 0 Å². The Morgan fingerprint density at radius 3 is 2.75 bits per heavy atom. The number of benzene rings is 1. The van der Waals surface area contributed by atoms with Crippen molar-refractivity contribution in [3.05, 3.63) is 27.3 Å². The minimum absolute atomic E-state index is 0.0396. The smallest absolute Gasteiger partial charge is 0.307 e. The van der Waals surface area contributed by atoms with Gasteiger partial charge < -0.3 is 5.11 Å². The number of hydrogen-bond donors (Lipinski definition) is 2. The molecule has 0 spiro atoms. The van der Waals surface area contributed by atoms with E-state index in [2.05, 4.69) is 35.2 Å². The largest absolute Gasteiger partial charge is 0.481 e. The third-order valence-electron chi connectivity index (χ3n) is 1.42. The summed E-state index contributed by atoms with van der Waals surface area (Å²) in [6.45, 7) is 0. The lowest BCUT2D eigenvalue weighted by Crippen LogP contribution is -2.02. The fraction of sp³-hybridized carbons (Fsp3) is 0.125. The lowest BCUT2D eigenvalue weighted by molar-refractivity contribution is -0.136. The minimum Gasteiger partial charge on any atom is -0.481 e. The first-order valence-corrected chi connectivity index (χ1v) is 4.82. The third-order valence-corrected chi connectivity index (χ3v) is 2.85. The van der Waals surface area contributed by atoms with E-state index in [4.69, 9.17) is 5.11 Å². The molecule has 0 bridgehead atoms. The first-order chi connectivity index (χ1) is 5.61. The topological polar surface area (TPSA) is 37.3 Å². The van der Waals surface area contributed by atoms with Crippen molar-refractivity contribution in [2.24, 2.45) is 0 Å². The van der Waals surface area contributed by atoms with E-state index in [1.54, 1.807) is 6.07 Å². The van der Waals surface area contributed by atoms with Crippen molar-refractivity contribution in [1.82, 2.24) is 0 Å². The van der Waals surface area contributed by atoms with Gasteiger partial charge in [-0.3, -0.25) is 4.79 Å². The van der Waals surface area contributed by atoms with Crippen LogP contribution in [0.1, 0.15) is 5.56 Å². The summed E-state index contributed by atoms with van der Waals surface area (Å²) in [6, 6.07) is 5.53. The highest BCUT2D eigenvalue weighted by molar-refractivity contribution is 14.1. The van der Waals surface area contributed by atoms with Crippen molar-refractivity contribution in [1.29, 1.82) is 0 Å². The molecule has 1 rings (SSSR count). The molecule has 1 aromatic carbocycles. The van der Waals surface area contributed by atoms with Crippen molar-refractivity contribution < 1.29 is 9.90 Å². The van der Waals surface area contributed by atoms with Crippen LogP contribution in [0.15, 0.2) is 23.1 Å². The zero-order valence-corrected chi connectivity index (χ0v) is 9.17. The van der Waals surface area contributed by atoms with Gasteiger partial charge in [-0.05, 0) is 40.3 Å². The van der Waals surface area contributed by atoms with E-state index in [0.717, 1.165) is 14.0 Å². The van der Waals surface area contributed by atoms with Crippen molar-refractivity contribution in [3.8, 4) is 0 Å². The lowest BCUT2D eigenvalue weighted by atomic mass is 10.1. The minimum atomic E-state index is -0.825. The third kappa shape index (κ3) is 2.38. The number of hydrogen-bond acceptors (Lipinski definition) is 2. The van der Waals surface area contributed by atoms with E-state index in [-0.39, 0.29) is 6.42 Å². The second-order valence-electron chi connectivity index (χ2n) is 2.31. The van der Waals surface area contributed by atoms with Gasteiger partial charge in [0.25, 0.3) is 0 Å². The van der Waals surface area contributed by atoms with E-state index in [9.17, 15) is 4.79 Å². The van der Waals surface area contributed by atoms with Crippen LogP contribution in [-0.4, -0.2) is 11.1 Å². The van der Waals surface area contributed by atoms with Gasteiger partial charge in [-0.15, -0.1) is 12.6 Å². The van der Waals surface area contributed by atoms with E-state index >= 15 is 0 Å². The van der Waals surface area contributed by atoms with Crippen LogP contribution in [0.25, 0.3) is 0 Å². The summed E-state index contributed by atoms with van der Waals surface area (Å²) in [5, 5.41) is 8.58. The molecule has 0 aliphatic carbocycles. The van der Waals surface area contributed by atoms with Crippen LogP contribution in [0.4, 0.5) is 0 Å². The summed E-state index contributed by atoms with van der Waals surface area (Å²) >= 11 is 6.28. The average Bonchev–Trinajstić information content (AvgIpc) is 1.97. The average molecular weight is 294 g/mol. The fourth-order valence-corrected chi connectivity index (χ4v) is 2.06. The van der Waals surface area contributed by atoms with Crippen molar-refractivity contribution in [3.63, 3.8) is 0 Å². The lowest BCUT2D eigenvalue weighted by Gasteiger charge is -2.03. The Kier molecular flexibility index (Phi) is 3.39. The van der Waals surface area contributed by atoms with Gasteiger partial charge in [0.1, 0.15) is 0 Å². The maximum absolute atomic E-state index is 10.4. The number of carbonyl (C=O) groups is 1. The molecular weight excluding hydrogens is 287 g/mol. The Morgan fingerprint density at radius 1 is 1.58 bits per heavy atom. The number of halogens is 1. The molecule has 0 unspecified atom stereocenters. The van der Waals surface area contributed by atoms with Gasteiger partial charge in [0.15, 0.2) is 0 Å². The molecule has 0 aliphatic heterocycles. The van der Waals surface area contributed by atoms with Crippen molar-refractivity contribution in [2.45, 2.75) is 11.3 Å². The van der Waals surface area contributed by atoms with Crippen LogP contribution in [0.2, 0.25) is 0 Å². The van der Waals surface area contributed by atoms with E-state index < -0.39 is 5.97 Å². The molecule has 0 atom stereocenters. The van der Waals surface area contributed by atoms with Crippen LogP contribution in [0.5, 0.6) is 0 Å². The molecule has 0 radical (unpaired) electrons. The summed E-state index contributed by atoms with van der Waals surface area (Å²) in [4.78, 5) is 11.2. The van der Waals surface area contributed by atoms with Gasteiger partial charge in [-0.2, -0.15) is 0 Å². The van der Waals surface area contributed by atoms with Gasteiger partial charge in [-0.25, -0.2) is 0 Å². The summed E-state index contributed by atoms with van der Waals surface area (Å²) in [5.74, 6) is -0.825. The normalized spacial score (nSPS) is 9.83. The van der Waals surface area contributed by atoms with Crippen LogP contribution < -0.4 is 0 Å². The van der Waals surface area contributed by atoms with E-state index in [1.807, 2.05) is 12.1 Å². The first kappa shape index (κ1) is 9.85. The number of thiol groups is 1. The Labute approximate surface area is 89.5 Å².